The molecule has 1 rings (SSSR count). The summed E-state index contributed by atoms with van der Waals surface area (Å²) in [4.78, 5) is 11.3. The van der Waals surface area contributed by atoms with Crippen LogP contribution in [0.3, 0.4) is 0 Å². The molecule has 1 aliphatic heterocycles. The molecule has 0 saturated carbocycles. The maximum Gasteiger partial charge on any atom is 0.307 e. The normalized spacial score (nSPS) is 18.4. The van der Waals surface area contributed by atoms with Gasteiger partial charge < -0.3 is 22.5 Å². The number of piperidine rings is 1. The summed E-state index contributed by atoms with van der Waals surface area (Å²) in [6.45, 7) is 4.05. The second-order valence-electron chi connectivity index (χ2n) is 3.74. The number of nitrogens with zero attached hydrogens (tertiary/aromatic N) is 1. The molecular weight excluding hydrogens is 216 g/mol. The first kappa shape index (κ1) is 14.2. The van der Waals surface area contributed by atoms with E-state index in [4.69, 9.17) is 10.00 Å². The van der Waals surface area contributed by atoms with E-state index in [1.54, 1.807) is 6.92 Å². The molecule has 86 valence electrons. The first-order valence-corrected chi connectivity index (χ1v) is 5.11. The van der Waals surface area contributed by atoms with Gasteiger partial charge in [0.15, 0.2) is 0 Å². The molecular formula is C10H17ClN2O2. The Morgan fingerprint density at radius 2 is 2.13 bits per heavy atom. The maximum atomic E-state index is 11.3. The fourth-order valence-corrected chi connectivity index (χ4v) is 1.84. The first-order chi connectivity index (χ1) is 6.72. The molecule has 0 aromatic rings. The number of esters is 1. The minimum absolute atomic E-state index is 0. The molecule has 0 aliphatic carbocycles. The molecule has 0 unspecified atom stereocenters. The van der Waals surface area contributed by atoms with Crippen LogP contribution in [0, 0.1) is 16.7 Å². The van der Waals surface area contributed by atoms with E-state index in [0.717, 1.165) is 25.9 Å². The molecule has 0 spiro atoms. The van der Waals surface area contributed by atoms with Crippen LogP contribution < -0.4 is 17.7 Å². The molecule has 5 heteroatoms. The molecule has 0 radical (unpaired) electrons. The number of nitrogens with two attached hydrogens (primary N) is 1. The summed E-state index contributed by atoms with van der Waals surface area (Å²) < 4.78 is 4.87. The van der Waals surface area contributed by atoms with Crippen LogP contribution in [0.2, 0.25) is 0 Å². The van der Waals surface area contributed by atoms with Crippen molar-refractivity contribution in [2.45, 2.75) is 26.2 Å². The van der Waals surface area contributed by atoms with Crippen molar-refractivity contribution >= 4 is 5.97 Å². The molecule has 0 bridgehead atoms. The molecule has 15 heavy (non-hydrogen) atoms. The molecule has 0 aromatic carbocycles. The fourth-order valence-electron chi connectivity index (χ4n) is 1.84. The lowest BCUT2D eigenvalue weighted by Crippen LogP contribution is -3.00. The van der Waals surface area contributed by atoms with Gasteiger partial charge in [0.25, 0.3) is 0 Å². The Bertz CT molecular complexity index is 244. The average Bonchev–Trinajstić information content (AvgIpc) is 2.19. The Kier molecular flexibility index (Phi) is 6.30. The van der Waals surface area contributed by atoms with E-state index < -0.39 is 5.41 Å². The van der Waals surface area contributed by atoms with Crippen molar-refractivity contribution in [3.8, 4) is 6.07 Å². The van der Waals surface area contributed by atoms with E-state index in [1.807, 2.05) is 0 Å². The number of carbonyl (C=O) groups excluding carboxylic acids is 1. The van der Waals surface area contributed by atoms with E-state index in [9.17, 15) is 4.79 Å². The van der Waals surface area contributed by atoms with Crippen molar-refractivity contribution < 1.29 is 27.3 Å². The first-order valence-electron chi connectivity index (χ1n) is 5.11. The third-order valence-corrected chi connectivity index (χ3v) is 2.68. The highest BCUT2D eigenvalue weighted by Gasteiger charge is 2.36. The van der Waals surface area contributed by atoms with Crippen LogP contribution >= 0.6 is 0 Å². The van der Waals surface area contributed by atoms with Gasteiger partial charge in [-0.05, 0) is 6.92 Å². The van der Waals surface area contributed by atoms with Crippen molar-refractivity contribution in [2.75, 3.05) is 19.7 Å². The Hall–Kier alpha value is -0.790. The third-order valence-electron chi connectivity index (χ3n) is 2.68. The van der Waals surface area contributed by atoms with Gasteiger partial charge in [-0.3, -0.25) is 4.79 Å². The largest absolute Gasteiger partial charge is 1.00 e. The lowest BCUT2D eigenvalue weighted by molar-refractivity contribution is -0.666. The predicted octanol–water partition coefficient (Wildman–Crippen LogP) is -3.19. The molecule has 1 fully saturated rings. The summed E-state index contributed by atoms with van der Waals surface area (Å²) >= 11 is 0. The van der Waals surface area contributed by atoms with E-state index >= 15 is 0 Å². The van der Waals surface area contributed by atoms with Gasteiger partial charge in [0, 0.05) is 12.8 Å². The van der Waals surface area contributed by atoms with Gasteiger partial charge in [-0.25, -0.2) is 0 Å². The molecule has 0 aromatic heterocycles. The van der Waals surface area contributed by atoms with E-state index in [2.05, 4.69) is 11.4 Å². The van der Waals surface area contributed by atoms with Gasteiger partial charge in [0.1, 0.15) is 0 Å². The van der Waals surface area contributed by atoms with Crippen LogP contribution in [0.1, 0.15) is 26.2 Å². The second-order valence-corrected chi connectivity index (χ2v) is 3.74. The Labute approximate surface area is 96.4 Å². The summed E-state index contributed by atoms with van der Waals surface area (Å²) in [6, 6.07) is 2.29. The number of nitriles is 1. The topological polar surface area (TPSA) is 66.7 Å². The summed E-state index contributed by atoms with van der Waals surface area (Å²) in [5, 5.41) is 11.3. The number of halogens is 1. The third kappa shape index (κ3) is 4.06. The van der Waals surface area contributed by atoms with Crippen molar-refractivity contribution in [3.05, 3.63) is 0 Å². The Balaban J connectivity index is 0.00000196. The molecule has 1 heterocycles. The summed E-state index contributed by atoms with van der Waals surface area (Å²) in [5.41, 5.74) is -0.457. The smallest absolute Gasteiger partial charge is 0.307 e. The van der Waals surface area contributed by atoms with Crippen molar-refractivity contribution in [3.63, 3.8) is 0 Å². The van der Waals surface area contributed by atoms with Crippen molar-refractivity contribution in [1.29, 1.82) is 5.26 Å². The number of carbonyl (C=O) groups is 1. The quantitative estimate of drug-likeness (QED) is 0.522. The van der Waals surface area contributed by atoms with Gasteiger partial charge in [-0.15, -0.1) is 0 Å². The lowest BCUT2D eigenvalue weighted by Gasteiger charge is -2.27. The summed E-state index contributed by atoms with van der Waals surface area (Å²) in [5.74, 6) is -0.240. The zero-order chi connectivity index (χ0) is 10.4. The van der Waals surface area contributed by atoms with E-state index in [0.29, 0.717) is 6.61 Å². The van der Waals surface area contributed by atoms with Gasteiger partial charge >= 0.3 is 5.97 Å². The van der Waals surface area contributed by atoms with Crippen LogP contribution in [0.4, 0.5) is 0 Å². The second kappa shape index (κ2) is 6.65. The highest BCUT2D eigenvalue weighted by atomic mass is 35.5. The van der Waals surface area contributed by atoms with E-state index in [-0.39, 0.29) is 24.8 Å². The Morgan fingerprint density at radius 3 is 2.60 bits per heavy atom. The van der Waals surface area contributed by atoms with Gasteiger partial charge in [-0.1, -0.05) is 0 Å². The number of ether oxygens (including phenoxy) is 1. The van der Waals surface area contributed by atoms with E-state index in [1.165, 1.54) is 0 Å². The number of hydrogen-bond donors (Lipinski definition) is 1. The van der Waals surface area contributed by atoms with Crippen molar-refractivity contribution in [2.24, 2.45) is 5.41 Å². The zero-order valence-electron chi connectivity index (χ0n) is 8.96. The lowest BCUT2D eigenvalue weighted by atomic mass is 9.77. The van der Waals surface area contributed by atoms with Crippen molar-refractivity contribution in [1.82, 2.24) is 0 Å². The zero-order valence-corrected chi connectivity index (χ0v) is 9.72. The summed E-state index contributed by atoms with van der Waals surface area (Å²) in [6.07, 6.45) is 1.84. The highest BCUT2D eigenvalue weighted by Crippen LogP contribution is 2.30. The standard InChI is InChI=1S/C10H16N2O2.ClH/c1-2-14-9(13)7-10(8-11)3-5-12-6-4-10;/h12H,2-7H2,1H3;1H. The highest BCUT2D eigenvalue weighted by molar-refractivity contribution is 5.70. The van der Waals surface area contributed by atoms with Gasteiger partial charge in [0.05, 0.1) is 37.6 Å². The molecule has 4 nitrogen and oxygen atoms in total. The van der Waals surface area contributed by atoms with Crippen LogP contribution in [-0.4, -0.2) is 25.7 Å². The van der Waals surface area contributed by atoms with Crippen LogP contribution in [0.25, 0.3) is 0 Å². The fraction of sp³-hybridized carbons (Fsp3) is 0.800. The Morgan fingerprint density at radius 1 is 1.53 bits per heavy atom. The van der Waals surface area contributed by atoms with Gasteiger partial charge in [-0.2, -0.15) is 5.26 Å². The maximum absolute atomic E-state index is 11.3. The van der Waals surface area contributed by atoms with Crippen LogP contribution in [0.5, 0.6) is 0 Å². The minimum Gasteiger partial charge on any atom is -1.00 e. The predicted molar refractivity (Wildman–Crippen MR) is 50.2 cm³/mol. The monoisotopic (exact) mass is 232 g/mol. The number of quaternary nitrogens is 1. The average molecular weight is 233 g/mol. The SMILES string of the molecule is CCOC(=O)CC1(C#N)CC[NH2+]CC1.[Cl-]. The minimum atomic E-state index is -0.457. The van der Waals surface area contributed by atoms with Gasteiger partial charge in [0.2, 0.25) is 0 Å². The molecule has 1 saturated heterocycles. The molecule has 0 atom stereocenters. The molecule has 0 amide bonds. The number of hydrogen-bond acceptors (Lipinski definition) is 3. The van der Waals surface area contributed by atoms with Crippen LogP contribution in [-0.2, 0) is 9.53 Å². The number of rotatable bonds is 3. The van der Waals surface area contributed by atoms with Crippen LogP contribution in [0.15, 0.2) is 0 Å². The molecule has 2 N–H and O–H groups in total. The molecule has 1 aliphatic rings. The summed E-state index contributed by atoms with van der Waals surface area (Å²) in [7, 11) is 0.